The van der Waals surface area contributed by atoms with Gasteiger partial charge >= 0.3 is 0 Å². The van der Waals surface area contributed by atoms with Crippen LogP contribution in [0.3, 0.4) is 0 Å². The third kappa shape index (κ3) is 6.83. The molecule has 3 rings (SSSR count). The standard InChI is InChI=1S/C26H33BrN2O3/c1-2-3-4-11-18-32-24-15-14-20(19-22(24)27)25(30)28-23-13-8-7-12-21(23)26(31)29-16-9-5-6-10-17-29/h7-8,12-15,19H,2-6,9-11,16-18H2,1H3,(H,28,30). The van der Waals surface area contributed by atoms with Crippen molar-refractivity contribution in [2.24, 2.45) is 0 Å². The van der Waals surface area contributed by atoms with Gasteiger partial charge in [-0.2, -0.15) is 0 Å². The summed E-state index contributed by atoms with van der Waals surface area (Å²) in [6.45, 7) is 4.39. The first-order chi connectivity index (χ1) is 15.6. The maximum absolute atomic E-state index is 13.1. The van der Waals surface area contributed by atoms with Crippen LogP contribution in [0.15, 0.2) is 46.9 Å². The van der Waals surface area contributed by atoms with E-state index in [0.717, 1.165) is 61.8 Å². The minimum atomic E-state index is -0.253. The maximum Gasteiger partial charge on any atom is 0.255 e. The third-order valence-corrected chi connectivity index (χ3v) is 6.37. The van der Waals surface area contributed by atoms with Gasteiger partial charge in [-0.3, -0.25) is 9.59 Å². The summed E-state index contributed by atoms with van der Waals surface area (Å²) in [6.07, 6.45) is 8.97. The van der Waals surface area contributed by atoms with Gasteiger partial charge in [0.2, 0.25) is 0 Å². The molecule has 2 aromatic rings. The molecule has 0 bridgehead atoms. The smallest absolute Gasteiger partial charge is 0.255 e. The number of hydrogen-bond donors (Lipinski definition) is 1. The normalized spacial score (nSPS) is 14.0. The van der Waals surface area contributed by atoms with Gasteiger partial charge in [-0.25, -0.2) is 0 Å². The number of carbonyl (C=O) groups excluding carboxylic acids is 2. The number of anilines is 1. The Morgan fingerprint density at radius 2 is 1.75 bits per heavy atom. The molecule has 1 aliphatic rings. The quantitative estimate of drug-likeness (QED) is 0.390. The molecule has 32 heavy (non-hydrogen) atoms. The average molecular weight is 501 g/mol. The number of para-hydroxylation sites is 1. The Morgan fingerprint density at radius 3 is 2.47 bits per heavy atom. The van der Waals surface area contributed by atoms with Crippen LogP contribution in [-0.2, 0) is 0 Å². The number of nitrogens with zero attached hydrogens (tertiary/aromatic N) is 1. The molecule has 2 amide bonds. The van der Waals surface area contributed by atoms with Crippen molar-refractivity contribution in [3.8, 4) is 5.75 Å². The molecule has 0 unspecified atom stereocenters. The second kappa shape index (κ2) is 12.6. The number of rotatable bonds is 9. The summed E-state index contributed by atoms with van der Waals surface area (Å²) in [6, 6.07) is 12.6. The Morgan fingerprint density at radius 1 is 1.00 bits per heavy atom. The highest BCUT2D eigenvalue weighted by Crippen LogP contribution is 2.27. The lowest BCUT2D eigenvalue weighted by atomic mass is 10.1. The number of nitrogens with one attached hydrogen (secondary N) is 1. The molecule has 5 nitrogen and oxygen atoms in total. The molecule has 2 aromatic carbocycles. The summed E-state index contributed by atoms with van der Waals surface area (Å²) < 4.78 is 6.58. The minimum absolute atomic E-state index is 0.0178. The summed E-state index contributed by atoms with van der Waals surface area (Å²) in [5.74, 6) is 0.460. The zero-order valence-corrected chi connectivity index (χ0v) is 20.5. The van der Waals surface area contributed by atoms with E-state index in [4.69, 9.17) is 4.74 Å². The molecular formula is C26H33BrN2O3. The first-order valence-corrected chi connectivity index (χ1v) is 12.5. The van der Waals surface area contributed by atoms with E-state index in [9.17, 15) is 9.59 Å². The molecule has 0 aromatic heterocycles. The van der Waals surface area contributed by atoms with Crippen molar-refractivity contribution in [3.05, 3.63) is 58.1 Å². The van der Waals surface area contributed by atoms with Crippen LogP contribution in [0, 0.1) is 0 Å². The van der Waals surface area contributed by atoms with E-state index < -0.39 is 0 Å². The van der Waals surface area contributed by atoms with Crippen LogP contribution in [0.1, 0.15) is 79.0 Å². The number of hydrogen-bond acceptors (Lipinski definition) is 3. The average Bonchev–Trinajstić information content (AvgIpc) is 3.09. The van der Waals surface area contributed by atoms with Crippen molar-refractivity contribution in [1.82, 2.24) is 4.90 Å². The number of benzene rings is 2. The first kappa shape index (κ1) is 24.3. The second-order valence-corrected chi connectivity index (χ2v) is 9.11. The van der Waals surface area contributed by atoms with Gasteiger partial charge in [0.05, 0.1) is 22.3 Å². The summed E-state index contributed by atoms with van der Waals surface area (Å²) in [5.41, 5.74) is 1.58. The van der Waals surface area contributed by atoms with Crippen molar-refractivity contribution >= 4 is 33.4 Å². The van der Waals surface area contributed by atoms with E-state index in [1.165, 1.54) is 12.8 Å². The Bertz CT molecular complexity index is 908. The van der Waals surface area contributed by atoms with Gasteiger partial charge in [0.25, 0.3) is 11.8 Å². The number of amides is 2. The summed E-state index contributed by atoms with van der Waals surface area (Å²) in [7, 11) is 0. The molecule has 0 radical (unpaired) electrons. The molecule has 6 heteroatoms. The van der Waals surface area contributed by atoms with Crippen LogP contribution >= 0.6 is 15.9 Å². The lowest BCUT2D eigenvalue weighted by Crippen LogP contribution is -2.32. The van der Waals surface area contributed by atoms with Crippen LogP contribution in [0.5, 0.6) is 5.75 Å². The van der Waals surface area contributed by atoms with E-state index in [0.29, 0.717) is 23.4 Å². The molecule has 0 spiro atoms. The Hall–Kier alpha value is -2.34. The highest BCUT2D eigenvalue weighted by Gasteiger charge is 2.21. The third-order valence-electron chi connectivity index (χ3n) is 5.75. The summed E-state index contributed by atoms with van der Waals surface area (Å²) in [4.78, 5) is 27.9. The van der Waals surface area contributed by atoms with Crippen LogP contribution in [0.25, 0.3) is 0 Å². The van der Waals surface area contributed by atoms with Crippen LogP contribution in [0.2, 0.25) is 0 Å². The zero-order valence-electron chi connectivity index (χ0n) is 18.9. The number of halogens is 1. The molecule has 172 valence electrons. The van der Waals surface area contributed by atoms with E-state index in [1.54, 1.807) is 24.3 Å². The molecular weight excluding hydrogens is 468 g/mol. The molecule has 1 aliphatic heterocycles. The number of unbranched alkanes of at least 4 members (excludes halogenated alkanes) is 3. The van der Waals surface area contributed by atoms with E-state index >= 15 is 0 Å². The lowest BCUT2D eigenvalue weighted by molar-refractivity contribution is 0.0762. The monoisotopic (exact) mass is 500 g/mol. The van der Waals surface area contributed by atoms with E-state index in [-0.39, 0.29) is 11.8 Å². The van der Waals surface area contributed by atoms with Crippen molar-refractivity contribution in [2.75, 3.05) is 25.0 Å². The molecule has 0 saturated carbocycles. The molecule has 1 saturated heterocycles. The molecule has 0 aliphatic carbocycles. The van der Waals surface area contributed by atoms with E-state index in [2.05, 4.69) is 28.2 Å². The predicted molar refractivity (Wildman–Crippen MR) is 133 cm³/mol. The summed E-state index contributed by atoms with van der Waals surface area (Å²) in [5, 5.41) is 2.93. The van der Waals surface area contributed by atoms with Crippen molar-refractivity contribution < 1.29 is 14.3 Å². The Balaban J connectivity index is 1.65. The van der Waals surface area contributed by atoms with Crippen molar-refractivity contribution in [1.29, 1.82) is 0 Å². The highest BCUT2D eigenvalue weighted by atomic mass is 79.9. The fourth-order valence-corrected chi connectivity index (χ4v) is 4.38. The molecule has 1 fully saturated rings. The van der Waals surface area contributed by atoms with Gasteiger partial charge < -0.3 is 15.0 Å². The zero-order chi connectivity index (χ0) is 22.8. The van der Waals surface area contributed by atoms with Gasteiger partial charge in [0, 0.05) is 18.7 Å². The topological polar surface area (TPSA) is 58.6 Å². The van der Waals surface area contributed by atoms with Crippen LogP contribution in [0.4, 0.5) is 5.69 Å². The van der Waals surface area contributed by atoms with E-state index in [1.807, 2.05) is 23.1 Å². The molecule has 0 atom stereocenters. The van der Waals surface area contributed by atoms with Gasteiger partial charge in [0.15, 0.2) is 0 Å². The fourth-order valence-electron chi connectivity index (χ4n) is 3.89. The molecule has 1 N–H and O–H groups in total. The molecule has 1 heterocycles. The lowest BCUT2D eigenvalue weighted by Gasteiger charge is -2.22. The number of carbonyl (C=O) groups is 2. The SMILES string of the molecule is CCCCCCOc1ccc(C(=O)Nc2ccccc2C(=O)N2CCCCCC2)cc1Br. The Kier molecular flexibility index (Phi) is 9.60. The number of ether oxygens (including phenoxy) is 1. The van der Waals surface area contributed by atoms with Crippen molar-refractivity contribution in [2.45, 2.75) is 58.3 Å². The first-order valence-electron chi connectivity index (χ1n) is 11.7. The van der Waals surface area contributed by atoms with Gasteiger partial charge in [-0.15, -0.1) is 0 Å². The minimum Gasteiger partial charge on any atom is -0.492 e. The number of likely N-dealkylation sites (tertiary alicyclic amines) is 1. The predicted octanol–water partition coefficient (Wildman–Crippen LogP) is 6.68. The summed E-state index contributed by atoms with van der Waals surface area (Å²) >= 11 is 3.52. The second-order valence-electron chi connectivity index (χ2n) is 8.26. The van der Waals surface area contributed by atoms with Gasteiger partial charge in [0.1, 0.15) is 5.75 Å². The maximum atomic E-state index is 13.1. The largest absolute Gasteiger partial charge is 0.492 e. The van der Waals surface area contributed by atoms with Crippen molar-refractivity contribution in [3.63, 3.8) is 0 Å². The Labute approximate surface area is 199 Å². The fraction of sp³-hybridized carbons (Fsp3) is 0.462. The van der Waals surface area contributed by atoms with Crippen LogP contribution in [-0.4, -0.2) is 36.4 Å². The highest BCUT2D eigenvalue weighted by molar-refractivity contribution is 9.10. The van der Waals surface area contributed by atoms with Crippen LogP contribution < -0.4 is 10.1 Å². The van der Waals surface area contributed by atoms with Gasteiger partial charge in [-0.1, -0.05) is 51.2 Å². The van der Waals surface area contributed by atoms with Gasteiger partial charge in [-0.05, 0) is 65.5 Å².